The highest BCUT2D eigenvalue weighted by atomic mass is 16.4. The van der Waals surface area contributed by atoms with Gasteiger partial charge >= 0.3 is 5.97 Å². The number of benzene rings is 2. The molecule has 0 radical (unpaired) electrons. The first-order valence-electron chi connectivity index (χ1n) is 7.17. The standard InChI is InChI=1S/C18H20O3/c19-13-17-9-4-3-8-16(17)12-15-7-2-1-6-14(15)10-5-11-18(20)21/h1-4,6-9,19H,5,10-13H2,(H,20,21). The maximum atomic E-state index is 10.6. The fraction of sp³-hybridized carbons (Fsp3) is 0.278. The third-order valence-electron chi connectivity index (χ3n) is 3.62. The average molecular weight is 284 g/mol. The molecule has 21 heavy (non-hydrogen) atoms. The maximum Gasteiger partial charge on any atom is 0.303 e. The lowest BCUT2D eigenvalue weighted by Crippen LogP contribution is -2.01. The largest absolute Gasteiger partial charge is 0.481 e. The number of rotatable bonds is 7. The van der Waals surface area contributed by atoms with Crippen molar-refractivity contribution < 1.29 is 15.0 Å². The molecule has 0 bridgehead atoms. The fourth-order valence-corrected chi connectivity index (χ4v) is 2.49. The van der Waals surface area contributed by atoms with Crippen LogP contribution in [0.2, 0.25) is 0 Å². The molecule has 0 aliphatic heterocycles. The fourth-order valence-electron chi connectivity index (χ4n) is 2.49. The molecular weight excluding hydrogens is 264 g/mol. The Morgan fingerprint density at radius 1 is 0.857 bits per heavy atom. The van der Waals surface area contributed by atoms with Crippen molar-refractivity contribution in [3.05, 3.63) is 70.8 Å². The van der Waals surface area contributed by atoms with Crippen molar-refractivity contribution in [2.75, 3.05) is 0 Å². The number of aliphatic hydroxyl groups is 1. The van der Waals surface area contributed by atoms with Crippen molar-refractivity contribution in [3.63, 3.8) is 0 Å². The van der Waals surface area contributed by atoms with Crippen LogP contribution in [0.25, 0.3) is 0 Å². The number of aliphatic hydroxyl groups excluding tert-OH is 1. The van der Waals surface area contributed by atoms with Gasteiger partial charge in [0.1, 0.15) is 0 Å². The summed E-state index contributed by atoms with van der Waals surface area (Å²) >= 11 is 0. The van der Waals surface area contributed by atoms with Crippen LogP contribution in [0.5, 0.6) is 0 Å². The summed E-state index contributed by atoms with van der Waals surface area (Å²) in [7, 11) is 0. The number of hydrogen-bond donors (Lipinski definition) is 2. The van der Waals surface area contributed by atoms with Crippen LogP contribution in [0.15, 0.2) is 48.5 Å². The van der Waals surface area contributed by atoms with Crippen LogP contribution >= 0.6 is 0 Å². The summed E-state index contributed by atoms with van der Waals surface area (Å²) < 4.78 is 0. The van der Waals surface area contributed by atoms with Gasteiger partial charge < -0.3 is 10.2 Å². The highest BCUT2D eigenvalue weighted by Crippen LogP contribution is 2.19. The molecule has 2 N–H and O–H groups in total. The molecule has 0 atom stereocenters. The minimum Gasteiger partial charge on any atom is -0.481 e. The van der Waals surface area contributed by atoms with Gasteiger partial charge in [0.2, 0.25) is 0 Å². The number of carboxylic acid groups (broad SMARTS) is 1. The normalized spacial score (nSPS) is 10.5. The van der Waals surface area contributed by atoms with Crippen molar-refractivity contribution in [1.29, 1.82) is 0 Å². The van der Waals surface area contributed by atoms with Gasteiger partial charge in [-0.15, -0.1) is 0 Å². The van der Waals surface area contributed by atoms with Gasteiger partial charge in [0.25, 0.3) is 0 Å². The molecule has 2 rings (SSSR count). The Kier molecular flexibility index (Phi) is 5.52. The van der Waals surface area contributed by atoms with Crippen LogP contribution in [0.4, 0.5) is 0 Å². The Morgan fingerprint density at radius 2 is 1.38 bits per heavy atom. The Morgan fingerprint density at radius 3 is 1.95 bits per heavy atom. The van der Waals surface area contributed by atoms with E-state index >= 15 is 0 Å². The van der Waals surface area contributed by atoms with E-state index in [1.165, 1.54) is 11.1 Å². The van der Waals surface area contributed by atoms with Gasteiger partial charge in [-0.05, 0) is 41.5 Å². The van der Waals surface area contributed by atoms with Crippen LogP contribution < -0.4 is 0 Å². The van der Waals surface area contributed by atoms with Crippen molar-refractivity contribution in [1.82, 2.24) is 0 Å². The molecule has 0 amide bonds. The Balaban J connectivity index is 2.14. The number of aliphatic carboxylic acids is 1. The zero-order valence-corrected chi connectivity index (χ0v) is 12.0. The van der Waals surface area contributed by atoms with E-state index in [2.05, 4.69) is 12.1 Å². The van der Waals surface area contributed by atoms with Gasteiger partial charge in [-0.2, -0.15) is 0 Å². The highest BCUT2D eigenvalue weighted by Gasteiger charge is 2.07. The highest BCUT2D eigenvalue weighted by molar-refractivity contribution is 5.66. The van der Waals surface area contributed by atoms with Gasteiger partial charge in [0.05, 0.1) is 6.61 Å². The monoisotopic (exact) mass is 284 g/mol. The summed E-state index contributed by atoms with van der Waals surface area (Å²) in [6, 6.07) is 16.0. The molecule has 0 fully saturated rings. The first-order chi connectivity index (χ1) is 10.2. The summed E-state index contributed by atoms with van der Waals surface area (Å²) in [5.74, 6) is -0.752. The number of aryl methyl sites for hydroxylation is 1. The molecule has 3 heteroatoms. The van der Waals surface area contributed by atoms with Crippen LogP contribution in [-0.2, 0) is 24.2 Å². The Bertz CT molecular complexity index is 605. The quantitative estimate of drug-likeness (QED) is 0.821. The van der Waals surface area contributed by atoms with Crippen LogP contribution in [-0.4, -0.2) is 16.2 Å². The van der Waals surface area contributed by atoms with Crippen molar-refractivity contribution in [2.45, 2.75) is 32.3 Å². The lowest BCUT2D eigenvalue weighted by Gasteiger charge is -2.11. The second-order valence-electron chi connectivity index (χ2n) is 5.12. The SMILES string of the molecule is O=C(O)CCCc1ccccc1Cc1ccccc1CO. The average Bonchev–Trinajstić information content (AvgIpc) is 2.49. The van der Waals surface area contributed by atoms with Gasteiger partial charge in [-0.1, -0.05) is 48.5 Å². The lowest BCUT2D eigenvalue weighted by molar-refractivity contribution is -0.137. The van der Waals surface area contributed by atoms with Gasteiger partial charge in [0, 0.05) is 6.42 Å². The molecule has 0 heterocycles. The molecular formula is C18H20O3. The Labute approximate surface area is 124 Å². The second-order valence-corrected chi connectivity index (χ2v) is 5.12. The zero-order valence-electron chi connectivity index (χ0n) is 12.0. The molecule has 0 saturated carbocycles. The molecule has 2 aromatic rings. The molecule has 0 aromatic heterocycles. The summed E-state index contributed by atoms with van der Waals surface area (Å²) in [6.07, 6.45) is 2.37. The van der Waals surface area contributed by atoms with Gasteiger partial charge in [0.15, 0.2) is 0 Å². The lowest BCUT2D eigenvalue weighted by atomic mass is 9.94. The molecule has 0 aliphatic carbocycles. The molecule has 0 aliphatic rings. The van der Waals surface area contributed by atoms with E-state index in [0.717, 1.165) is 24.0 Å². The molecule has 110 valence electrons. The zero-order chi connectivity index (χ0) is 15.1. The summed E-state index contributed by atoms with van der Waals surface area (Å²) in [4.78, 5) is 10.6. The second kappa shape index (κ2) is 7.60. The van der Waals surface area contributed by atoms with E-state index in [1.807, 2.05) is 36.4 Å². The first kappa shape index (κ1) is 15.3. The van der Waals surface area contributed by atoms with Crippen LogP contribution in [0.1, 0.15) is 35.1 Å². The summed E-state index contributed by atoms with van der Waals surface area (Å²) in [6.45, 7) is 0.0390. The van der Waals surface area contributed by atoms with Crippen molar-refractivity contribution in [3.8, 4) is 0 Å². The minimum absolute atomic E-state index is 0.0390. The number of hydrogen-bond acceptors (Lipinski definition) is 2. The van der Waals surface area contributed by atoms with E-state index in [9.17, 15) is 9.90 Å². The molecule has 0 spiro atoms. The van der Waals surface area contributed by atoms with E-state index in [4.69, 9.17) is 5.11 Å². The third kappa shape index (κ3) is 4.43. The van der Waals surface area contributed by atoms with Gasteiger partial charge in [-0.3, -0.25) is 4.79 Å². The van der Waals surface area contributed by atoms with Crippen molar-refractivity contribution >= 4 is 5.97 Å². The number of carboxylic acids is 1. The van der Waals surface area contributed by atoms with Crippen LogP contribution in [0.3, 0.4) is 0 Å². The maximum absolute atomic E-state index is 10.6. The predicted octanol–water partition coefficient (Wildman–Crippen LogP) is 3.18. The van der Waals surface area contributed by atoms with Crippen molar-refractivity contribution in [2.24, 2.45) is 0 Å². The van der Waals surface area contributed by atoms with E-state index in [0.29, 0.717) is 6.42 Å². The number of carbonyl (C=O) groups is 1. The van der Waals surface area contributed by atoms with Gasteiger partial charge in [-0.25, -0.2) is 0 Å². The minimum atomic E-state index is -0.752. The smallest absolute Gasteiger partial charge is 0.303 e. The topological polar surface area (TPSA) is 57.5 Å². The van der Waals surface area contributed by atoms with Crippen LogP contribution in [0, 0.1) is 0 Å². The van der Waals surface area contributed by atoms with E-state index in [1.54, 1.807) is 0 Å². The van der Waals surface area contributed by atoms with E-state index in [-0.39, 0.29) is 13.0 Å². The molecule has 2 aromatic carbocycles. The third-order valence-corrected chi connectivity index (χ3v) is 3.62. The Hall–Kier alpha value is -2.13. The predicted molar refractivity (Wildman–Crippen MR) is 82.2 cm³/mol. The van der Waals surface area contributed by atoms with E-state index < -0.39 is 5.97 Å². The molecule has 0 unspecified atom stereocenters. The summed E-state index contributed by atoms with van der Waals surface area (Å²) in [5, 5.41) is 18.1. The molecule has 3 nitrogen and oxygen atoms in total. The first-order valence-corrected chi connectivity index (χ1v) is 7.17. The summed E-state index contributed by atoms with van der Waals surface area (Å²) in [5.41, 5.74) is 4.44. The molecule has 0 saturated heterocycles.